The van der Waals surface area contributed by atoms with Crippen LogP contribution in [0.4, 0.5) is 0 Å². The number of ether oxygens (including phenoxy) is 1. The largest absolute Gasteiger partial charge is 0.489 e. The molecule has 2 aromatic carbocycles. The molecule has 1 amide bonds. The summed E-state index contributed by atoms with van der Waals surface area (Å²) in [5, 5.41) is 3.78. The zero-order chi connectivity index (χ0) is 17.9. The van der Waals surface area contributed by atoms with Crippen LogP contribution in [0, 0.1) is 6.92 Å². The normalized spacial score (nSPS) is 16.7. The lowest BCUT2D eigenvalue weighted by molar-refractivity contribution is 0.0772. The van der Waals surface area contributed by atoms with E-state index in [4.69, 9.17) is 9.26 Å². The predicted molar refractivity (Wildman–Crippen MR) is 95.8 cm³/mol. The van der Waals surface area contributed by atoms with Crippen molar-refractivity contribution < 1.29 is 14.1 Å². The molecular weight excluding hydrogens is 330 g/mol. The minimum Gasteiger partial charge on any atom is -0.489 e. The average Bonchev–Trinajstić information content (AvgIpc) is 3.31. The summed E-state index contributed by atoms with van der Waals surface area (Å²) in [5.41, 5.74) is 1.44. The molecule has 1 fully saturated rings. The molecule has 26 heavy (non-hydrogen) atoms. The Morgan fingerprint density at radius 3 is 2.62 bits per heavy atom. The number of hydrogen-bond donors (Lipinski definition) is 0. The molecule has 1 atom stereocenters. The molecule has 4 rings (SSSR count). The highest BCUT2D eigenvalue weighted by Crippen LogP contribution is 2.22. The van der Waals surface area contributed by atoms with Gasteiger partial charge in [0.15, 0.2) is 5.82 Å². The fraction of sp³-hybridized carbons (Fsp3) is 0.250. The molecule has 0 bridgehead atoms. The Morgan fingerprint density at radius 1 is 1.15 bits per heavy atom. The Labute approximate surface area is 151 Å². The van der Waals surface area contributed by atoms with Crippen molar-refractivity contribution in [2.24, 2.45) is 0 Å². The Morgan fingerprint density at radius 2 is 1.92 bits per heavy atom. The zero-order valence-corrected chi connectivity index (χ0v) is 14.5. The van der Waals surface area contributed by atoms with Crippen LogP contribution in [0.5, 0.6) is 5.75 Å². The number of rotatable bonds is 4. The highest BCUT2D eigenvalue weighted by Gasteiger charge is 2.28. The lowest BCUT2D eigenvalue weighted by Gasteiger charge is -2.17. The first kappa shape index (κ1) is 16.3. The van der Waals surface area contributed by atoms with Gasteiger partial charge in [-0.2, -0.15) is 4.98 Å². The monoisotopic (exact) mass is 349 g/mol. The molecule has 6 nitrogen and oxygen atoms in total. The molecule has 1 unspecified atom stereocenters. The van der Waals surface area contributed by atoms with Crippen LogP contribution >= 0.6 is 0 Å². The summed E-state index contributed by atoms with van der Waals surface area (Å²) in [6, 6.07) is 17.0. The second kappa shape index (κ2) is 7.00. The SMILES string of the molecule is Cc1noc(-c2ccc(C(=O)N3CCC(Oc4ccccc4)C3)cc2)n1. The van der Waals surface area contributed by atoms with Gasteiger partial charge in [-0.15, -0.1) is 0 Å². The number of aryl methyl sites for hydroxylation is 1. The lowest BCUT2D eigenvalue weighted by Crippen LogP contribution is -2.30. The van der Waals surface area contributed by atoms with E-state index in [-0.39, 0.29) is 12.0 Å². The van der Waals surface area contributed by atoms with Gasteiger partial charge in [0.1, 0.15) is 11.9 Å². The zero-order valence-electron chi connectivity index (χ0n) is 14.5. The third-order valence-electron chi connectivity index (χ3n) is 4.38. The second-order valence-corrected chi connectivity index (χ2v) is 6.32. The molecule has 2 heterocycles. The maximum atomic E-state index is 12.7. The van der Waals surface area contributed by atoms with Crippen LogP contribution < -0.4 is 4.74 Å². The highest BCUT2D eigenvalue weighted by atomic mass is 16.5. The van der Waals surface area contributed by atoms with Gasteiger partial charge in [0, 0.05) is 24.1 Å². The first-order chi connectivity index (χ1) is 12.7. The molecule has 1 saturated heterocycles. The summed E-state index contributed by atoms with van der Waals surface area (Å²) in [6.07, 6.45) is 0.863. The first-order valence-electron chi connectivity index (χ1n) is 8.61. The van der Waals surface area contributed by atoms with Crippen LogP contribution in [0.3, 0.4) is 0 Å². The number of nitrogens with zero attached hydrogens (tertiary/aromatic N) is 3. The Kier molecular flexibility index (Phi) is 4.39. The van der Waals surface area contributed by atoms with E-state index in [1.54, 1.807) is 19.1 Å². The lowest BCUT2D eigenvalue weighted by atomic mass is 10.1. The van der Waals surface area contributed by atoms with E-state index < -0.39 is 0 Å². The van der Waals surface area contributed by atoms with Gasteiger partial charge in [-0.1, -0.05) is 23.4 Å². The molecule has 0 aliphatic carbocycles. The van der Waals surface area contributed by atoms with Gasteiger partial charge in [-0.3, -0.25) is 4.79 Å². The van der Waals surface area contributed by atoms with Crippen molar-refractivity contribution in [2.45, 2.75) is 19.4 Å². The van der Waals surface area contributed by atoms with Crippen LogP contribution in [-0.4, -0.2) is 40.1 Å². The van der Waals surface area contributed by atoms with Crippen molar-refractivity contribution in [2.75, 3.05) is 13.1 Å². The molecule has 0 saturated carbocycles. The van der Waals surface area contributed by atoms with Gasteiger partial charge in [-0.05, 0) is 43.3 Å². The minimum absolute atomic E-state index is 0.0115. The number of likely N-dealkylation sites (tertiary alicyclic amines) is 1. The van der Waals surface area contributed by atoms with Gasteiger partial charge in [-0.25, -0.2) is 0 Å². The quantitative estimate of drug-likeness (QED) is 0.723. The molecule has 1 aliphatic heterocycles. The van der Waals surface area contributed by atoms with Crippen molar-refractivity contribution >= 4 is 5.91 Å². The second-order valence-electron chi connectivity index (χ2n) is 6.32. The number of para-hydroxylation sites is 1. The summed E-state index contributed by atoms with van der Waals surface area (Å²) in [6.45, 7) is 3.06. The topological polar surface area (TPSA) is 68.5 Å². The Balaban J connectivity index is 1.40. The van der Waals surface area contributed by atoms with Crippen LogP contribution in [0.25, 0.3) is 11.5 Å². The average molecular weight is 349 g/mol. The third-order valence-corrected chi connectivity index (χ3v) is 4.38. The van der Waals surface area contributed by atoms with Crippen molar-refractivity contribution in [1.82, 2.24) is 15.0 Å². The van der Waals surface area contributed by atoms with E-state index in [0.29, 0.717) is 30.4 Å². The van der Waals surface area contributed by atoms with E-state index in [2.05, 4.69) is 10.1 Å². The molecule has 0 N–H and O–H groups in total. The van der Waals surface area contributed by atoms with Crippen LogP contribution in [-0.2, 0) is 0 Å². The van der Waals surface area contributed by atoms with Gasteiger partial charge in [0.2, 0.25) is 0 Å². The van der Waals surface area contributed by atoms with Crippen molar-refractivity contribution in [3.05, 3.63) is 66.0 Å². The third kappa shape index (κ3) is 3.44. The Hall–Kier alpha value is -3.15. The van der Waals surface area contributed by atoms with Gasteiger partial charge in [0.05, 0.1) is 6.54 Å². The predicted octanol–water partition coefficient (Wildman–Crippen LogP) is 3.34. The van der Waals surface area contributed by atoms with Crippen LogP contribution in [0.1, 0.15) is 22.6 Å². The summed E-state index contributed by atoms with van der Waals surface area (Å²) in [5.74, 6) is 1.89. The summed E-state index contributed by atoms with van der Waals surface area (Å²) < 4.78 is 11.1. The van der Waals surface area contributed by atoms with Crippen molar-refractivity contribution in [3.63, 3.8) is 0 Å². The molecule has 132 valence electrons. The van der Waals surface area contributed by atoms with Gasteiger partial charge in [0.25, 0.3) is 11.8 Å². The maximum Gasteiger partial charge on any atom is 0.257 e. The maximum absolute atomic E-state index is 12.7. The smallest absolute Gasteiger partial charge is 0.257 e. The van der Waals surface area contributed by atoms with E-state index in [1.165, 1.54) is 0 Å². The summed E-state index contributed by atoms with van der Waals surface area (Å²) in [7, 11) is 0. The van der Waals surface area contributed by atoms with Crippen LogP contribution in [0.2, 0.25) is 0 Å². The first-order valence-corrected chi connectivity index (χ1v) is 8.61. The number of carbonyl (C=O) groups is 1. The number of amides is 1. The number of carbonyl (C=O) groups excluding carboxylic acids is 1. The number of hydrogen-bond acceptors (Lipinski definition) is 5. The Bertz CT molecular complexity index is 890. The standard InChI is InChI=1S/C20H19N3O3/c1-14-21-19(26-22-14)15-7-9-16(10-8-15)20(24)23-12-11-18(13-23)25-17-5-3-2-4-6-17/h2-10,18H,11-13H2,1H3. The molecule has 3 aromatic rings. The summed E-state index contributed by atoms with van der Waals surface area (Å²) >= 11 is 0. The van der Waals surface area contributed by atoms with Crippen molar-refractivity contribution in [1.29, 1.82) is 0 Å². The number of aromatic nitrogens is 2. The van der Waals surface area contributed by atoms with Gasteiger partial charge < -0.3 is 14.2 Å². The molecule has 0 spiro atoms. The van der Waals surface area contributed by atoms with E-state index >= 15 is 0 Å². The van der Waals surface area contributed by atoms with E-state index in [9.17, 15) is 4.79 Å². The highest BCUT2D eigenvalue weighted by molar-refractivity contribution is 5.94. The molecular formula is C20H19N3O3. The molecule has 6 heteroatoms. The molecule has 1 aliphatic rings. The fourth-order valence-corrected chi connectivity index (χ4v) is 3.05. The van der Waals surface area contributed by atoms with E-state index in [1.807, 2.05) is 47.4 Å². The van der Waals surface area contributed by atoms with Gasteiger partial charge >= 0.3 is 0 Å². The summed E-state index contributed by atoms with van der Waals surface area (Å²) in [4.78, 5) is 18.7. The fourth-order valence-electron chi connectivity index (χ4n) is 3.05. The number of benzene rings is 2. The molecule has 0 radical (unpaired) electrons. The molecule has 1 aromatic heterocycles. The van der Waals surface area contributed by atoms with Crippen LogP contribution in [0.15, 0.2) is 59.1 Å². The minimum atomic E-state index is 0.0115. The van der Waals surface area contributed by atoms with Crippen molar-refractivity contribution in [3.8, 4) is 17.2 Å². The van der Waals surface area contributed by atoms with E-state index in [0.717, 1.165) is 17.7 Å².